The van der Waals surface area contributed by atoms with E-state index in [0.717, 1.165) is 12.8 Å². The molecule has 3 aliphatic rings. The van der Waals surface area contributed by atoms with Crippen LogP contribution in [-0.4, -0.2) is 17.9 Å². The summed E-state index contributed by atoms with van der Waals surface area (Å²) in [7, 11) is 0. The van der Waals surface area contributed by atoms with Gasteiger partial charge in [0.25, 0.3) is 0 Å². The Balaban J connectivity index is 2.11. The summed E-state index contributed by atoms with van der Waals surface area (Å²) in [6.07, 6.45) is 4.07. The Kier molecular flexibility index (Phi) is 2.31. The number of ether oxygens (including phenoxy) is 1. The second-order valence-electron chi connectivity index (χ2n) is 5.93. The lowest BCUT2D eigenvalue weighted by molar-refractivity contribution is -0.147. The average Bonchev–Trinajstić information content (AvgIpc) is 2.75. The third-order valence-electron chi connectivity index (χ3n) is 5.01. The van der Waals surface area contributed by atoms with E-state index in [0.29, 0.717) is 17.9 Å². The van der Waals surface area contributed by atoms with Gasteiger partial charge < -0.3 is 4.74 Å². The Labute approximate surface area is 107 Å². The molecule has 0 bridgehead atoms. The molecule has 0 spiro atoms. The van der Waals surface area contributed by atoms with Gasteiger partial charge in [0.15, 0.2) is 0 Å². The number of carbonyl (C=O) groups is 2. The lowest BCUT2D eigenvalue weighted by atomic mass is 9.71. The Hall–Kier alpha value is -1.38. The highest BCUT2D eigenvalue weighted by molar-refractivity contribution is 5.96. The van der Waals surface area contributed by atoms with Crippen molar-refractivity contribution in [2.75, 3.05) is 0 Å². The maximum absolute atomic E-state index is 12.3. The molecule has 0 N–H and O–H groups in total. The summed E-state index contributed by atoms with van der Waals surface area (Å²) in [6.45, 7) is 7.96. The molecule has 1 saturated carbocycles. The fraction of sp³-hybridized carbons (Fsp3) is 0.600. The number of Topliss-reactive ketones (excluding diaryl/α,β-unsaturated/α-hetero) is 1. The minimum Gasteiger partial charge on any atom is -0.457 e. The molecule has 3 nitrogen and oxygen atoms in total. The zero-order chi connectivity index (χ0) is 13.1. The Morgan fingerprint density at radius 3 is 2.83 bits per heavy atom. The van der Waals surface area contributed by atoms with Gasteiger partial charge in [-0.3, -0.25) is 4.79 Å². The van der Waals surface area contributed by atoms with Crippen LogP contribution in [0.3, 0.4) is 0 Å². The van der Waals surface area contributed by atoms with Crippen LogP contribution in [0.5, 0.6) is 0 Å². The van der Waals surface area contributed by atoms with Crippen LogP contribution < -0.4 is 0 Å². The SMILES string of the molecule is C=C1C(=O)O[C@@H]2[C@H]1CC[C@H](C)C1=CCC(=O)[C@]12C. The second-order valence-corrected chi connectivity index (χ2v) is 5.93. The summed E-state index contributed by atoms with van der Waals surface area (Å²) in [5, 5.41) is 0. The molecule has 0 aromatic heterocycles. The minimum absolute atomic E-state index is 0.0119. The first-order chi connectivity index (χ1) is 8.46. The summed E-state index contributed by atoms with van der Waals surface area (Å²) >= 11 is 0. The molecule has 4 atom stereocenters. The molecule has 0 amide bonds. The van der Waals surface area contributed by atoms with Gasteiger partial charge in [0, 0.05) is 17.9 Å². The van der Waals surface area contributed by atoms with Gasteiger partial charge in [-0.15, -0.1) is 0 Å². The van der Waals surface area contributed by atoms with Crippen LogP contribution in [0.15, 0.2) is 23.8 Å². The van der Waals surface area contributed by atoms with Gasteiger partial charge in [0.2, 0.25) is 0 Å². The van der Waals surface area contributed by atoms with Gasteiger partial charge in [0.05, 0.1) is 5.41 Å². The van der Waals surface area contributed by atoms with Crippen molar-refractivity contribution < 1.29 is 14.3 Å². The van der Waals surface area contributed by atoms with E-state index in [-0.39, 0.29) is 23.8 Å². The highest BCUT2D eigenvalue weighted by Gasteiger charge is 2.58. The predicted octanol–water partition coefficient (Wildman–Crippen LogP) is 2.42. The molecular formula is C15H18O3. The van der Waals surface area contributed by atoms with Crippen LogP contribution in [0.25, 0.3) is 0 Å². The maximum atomic E-state index is 12.3. The average molecular weight is 246 g/mol. The molecule has 1 heterocycles. The number of rotatable bonds is 0. The minimum atomic E-state index is -0.615. The van der Waals surface area contributed by atoms with Crippen molar-refractivity contribution in [2.24, 2.45) is 17.3 Å². The van der Waals surface area contributed by atoms with Crippen LogP contribution in [0.4, 0.5) is 0 Å². The van der Waals surface area contributed by atoms with Crippen molar-refractivity contribution in [3.8, 4) is 0 Å². The molecule has 1 aliphatic heterocycles. The molecule has 2 aliphatic carbocycles. The number of allylic oxidation sites excluding steroid dienone is 1. The van der Waals surface area contributed by atoms with E-state index in [2.05, 4.69) is 13.5 Å². The van der Waals surface area contributed by atoms with Crippen molar-refractivity contribution >= 4 is 11.8 Å². The summed E-state index contributed by atoms with van der Waals surface area (Å²) < 4.78 is 5.49. The molecular weight excluding hydrogens is 228 g/mol. The van der Waals surface area contributed by atoms with Crippen molar-refractivity contribution in [1.29, 1.82) is 0 Å². The topological polar surface area (TPSA) is 43.4 Å². The third-order valence-corrected chi connectivity index (χ3v) is 5.01. The largest absolute Gasteiger partial charge is 0.457 e. The molecule has 3 rings (SSSR count). The van der Waals surface area contributed by atoms with E-state index >= 15 is 0 Å². The molecule has 0 aromatic carbocycles. The van der Waals surface area contributed by atoms with Crippen LogP contribution in [-0.2, 0) is 14.3 Å². The van der Waals surface area contributed by atoms with E-state index in [4.69, 9.17) is 4.74 Å². The Morgan fingerprint density at radius 1 is 1.39 bits per heavy atom. The van der Waals surface area contributed by atoms with Gasteiger partial charge in [-0.1, -0.05) is 25.2 Å². The lowest BCUT2D eigenvalue weighted by Gasteiger charge is -2.33. The third kappa shape index (κ3) is 1.25. The molecule has 0 radical (unpaired) electrons. The summed E-state index contributed by atoms with van der Waals surface area (Å²) in [4.78, 5) is 24.0. The fourth-order valence-corrected chi connectivity index (χ4v) is 3.86. The predicted molar refractivity (Wildman–Crippen MR) is 66.7 cm³/mol. The Morgan fingerprint density at radius 2 is 2.11 bits per heavy atom. The van der Waals surface area contributed by atoms with Crippen molar-refractivity contribution in [2.45, 2.75) is 39.2 Å². The lowest BCUT2D eigenvalue weighted by Crippen LogP contribution is -2.41. The Bertz CT molecular complexity index is 488. The quantitative estimate of drug-likeness (QED) is 0.374. The van der Waals surface area contributed by atoms with E-state index in [1.807, 2.05) is 13.0 Å². The fourth-order valence-electron chi connectivity index (χ4n) is 3.86. The number of carbonyl (C=O) groups excluding carboxylic acids is 2. The summed E-state index contributed by atoms with van der Waals surface area (Å²) in [5.74, 6) is 0.264. The zero-order valence-corrected chi connectivity index (χ0v) is 10.9. The van der Waals surface area contributed by atoms with E-state index in [1.54, 1.807) is 0 Å². The van der Waals surface area contributed by atoms with Gasteiger partial charge in [-0.25, -0.2) is 4.79 Å². The van der Waals surface area contributed by atoms with Crippen molar-refractivity contribution in [3.63, 3.8) is 0 Å². The van der Waals surface area contributed by atoms with Crippen LogP contribution in [0, 0.1) is 17.3 Å². The van der Waals surface area contributed by atoms with E-state index < -0.39 is 5.41 Å². The number of fused-ring (bicyclic) bond motifs is 3. The normalized spacial score (nSPS) is 43.1. The molecule has 2 fully saturated rings. The van der Waals surface area contributed by atoms with Crippen LogP contribution in [0.2, 0.25) is 0 Å². The molecule has 1 saturated heterocycles. The molecule has 3 heteroatoms. The second kappa shape index (κ2) is 3.56. The first-order valence-electron chi connectivity index (χ1n) is 6.60. The van der Waals surface area contributed by atoms with E-state index in [1.165, 1.54) is 5.57 Å². The van der Waals surface area contributed by atoms with Gasteiger partial charge in [0.1, 0.15) is 11.9 Å². The van der Waals surface area contributed by atoms with Crippen LogP contribution in [0.1, 0.15) is 33.1 Å². The monoisotopic (exact) mass is 246 g/mol. The first-order valence-corrected chi connectivity index (χ1v) is 6.60. The molecule has 18 heavy (non-hydrogen) atoms. The highest BCUT2D eigenvalue weighted by atomic mass is 16.6. The van der Waals surface area contributed by atoms with Gasteiger partial charge in [-0.2, -0.15) is 0 Å². The maximum Gasteiger partial charge on any atom is 0.334 e. The van der Waals surface area contributed by atoms with Crippen LogP contribution >= 0.6 is 0 Å². The summed E-state index contributed by atoms with van der Waals surface area (Å²) in [5.41, 5.74) is 1.10. The number of ketones is 1. The highest BCUT2D eigenvalue weighted by Crippen LogP contribution is 2.53. The number of hydrogen-bond acceptors (Lipinski definition) is 3. The molecule has 0 aromatic rings. The number of hydrogen-bond donors (Lipinski definition) is 0. The van der Waals surface area contributed by atoms with Crippen molar-refractivity contribution in [3.05, 3.63) is 23.8 Å². The summed E-state index contributed by atoms with van der Waals surface area (Å²) in [6, 6.07) is 0. The molecule has 96 valence electrons. The number of esters is 1. The standard InChI is InChI=1S/C15H18O3/c1-8-4-5-10-9(2)14(17)18-13(10)15(3)11(8)6-7-12(15)16/h6,8,10,13H,2,4-5,7H2,1,3H3/t8-,10-,13+,15-/m0/s1. The van der Waals surface area contributed by atoms with Crippen molar-refractivity contribution in [1.82, 2.24) is 0 Å². The zero-order valence-electron chi connectivity index (χ0n) is 10.9. The smallest absolute Gasteiger partial charge is 0.334 e. The van der Waals surface area contributed by atoms with E-state index in [9.17, 15) is 9.59 Å². The molecule has 0 unspecified atom stereocenters. The first kappa shape index (κ1) is 11.7. The van der Waals surface area contributed by atoms with Gasteiger partial charge >= 0.3 is 5.97 Å². The van der Waals surface area contributed by atoms with Gasteiger partial charge in [-0.05, 0) is 25.7 Å².